The lowest BCUT2D eigenvalue weighted by molar-refractivity contribution is -0.0601. The van der Waals surface area contributed by atoms with Crippen LogP contribution in [0.5, 0.6) is 0 Å². The summed E-state index contributed by atoms with van der Waals surface area (Å²) in [4.78, 5) is 19.0. The quantitative estimate of drug-likeness (QED) is 0.235. The van der Waals surface area contributed by atoms with Crippen LogP contribution >= 0.6 is 11.3 Å². The summed E-state index contributed by atoms with van der Waals surface area (Å²) in [6, 6.07) is 1.31. The molecule has 2 aliphatic carbocycles. The Morgan fingerprint density at radius 2 is 1.68 bits per heavy atom. The standard InChI is InChI=1S/C31H46N6O5S2/c1-17-22(27-35-23-18(2)32-14-11-21(23)43-27)26(34-20-15-19(30(6,7)40)24(38)25(20)39)36-28(33-17)37-31(12-9-8-10-13-31)16-44(41,42)29(3,4)5/h11,14,19-20,24-25,38-40H,8-10,12-13,15-16H2,1-7H3,(H2,33,34,36,37)/t19-,20+,24+,25-/m0/s1. The molecule has 3 aromatic heterocycles. The highest BCUT2D eigenvalue weighted by molar-refractivity contribution is 7.92. The highest BCUT2D eigenvalue weighted by Gasteiger charge is 2.48. The van der Waals surface area contributed by atoms with Gasteiger partial charge in [-0.1, -0.05) is 19.3 Å². The van der Waals surface area contributed by atoms with Crippen LogP contribution in [0.4, 0.5) is 11.8 Å². The Hall–Kier alpha value is -2.45. The summed E-state index contributed by atoms with van der Waals surface area (Å²) in [5.74, 6) is 0.137. The van der Waals surface area contributed by atoms with E-state index in [0.717, 1.165) is 35.2 Å². The van der Waals surface area contributed by atoms with Crippen molar-refractivity contribution in [2.45, 2.75) is 121 Å². The fourth-order valence-electron chi connectivity index (χ4n) is 6.48. The van der Waals surface area contributed by atoms with E-state index < -0.39 is 49.9 Å². The summed E-state index contributed by atoms with van der Waals surface area (Å²) >= 11 is 1.49. The predicted octanol–water partition coefficient (Wildman–Crippen LogP) is 4.39. The van der Waals surface area contributed by atoms with Crippen LogP contribution in [0.2, 0.25) is 0 Å². The van der Waals surface area contributed by atoms with Crippen LogP contribution in [0.15, 0.2) is 12.3 Å². The molecule has 3 heterocycles. The lowest BCUT2D eigenvalue weighted by atomic mass is 9.83. The van der Waals surface area contributed by atoms with Crippen molar-refractivity contribution < 1.29 is 23.7 Å². The largest absolute Gasteiger partial charge is 0.390 e. The molecular weight excluding hydrogens is 601 g/mol. The molecule has 0 bridgehead atoms. The summed E-state index contributed by atoms with van der Waals surface area (Å²) < 4.78 is 26.9. The summed E-state index contributed by atoms with van der Waals surface area (Å²) in [6.07, 6.45) is 4.00. The van der Waals surface area contributed by atoms with Gasteiger partial charge in [0.25, 0.3) is 0 Å². The number of thiazole rings is 1. The summed E-state index contributed by atoms with van der Waals surface area (Å²) in [6.45, 7) is 12.2. The molecule has 2 fully saturated rings. The average Bonchev–Trinajstić information content (AvgIpc) is 3.45. The van der Waals surface area contributed by atoms with Crippen molar-refractivity contribution in [1.29, 1.82) is 0 Å². The predicted molar refractivity (Wildman–Crippen MR) is 175 cm³/mol. The molecule has 0 aromatic carbocycles. The Morgan fingerprint density at radius 1 is 1.00 bits per heavy atom. The normalized spacial score (nSPS) is 24.5. The van der Waals surface area contributed by atoms with E-state index in [2.05, 4.69) is 15.6 Å². The second-order valence-electron chi connectivity index (χ2n) is 14.2. The molecular formula is C31H46N6O5S2. The van der Waals surface area contributed by atoms with Gasteiger partial charge in [-0.05, 0) is 73.8 Å². The van der Waals surface area contributed by atoms with Crippen molar-refractivity contribution in [1.82, 2.24) is 19.9 Å². The number of aliphatic hydroxyl groups excluding tert-OH is 2. The zero-order valence-corrected chi connectivity index (χ0v) is 28.3. The third-order valence-electron chi connectivity index (χ3n) is 9.29. The number of pyridine rings is 1. The van der Waals surface area contributed by atoms with Gasteiger partial charge >= 0.3 is 0 Å². The van der Waals surface area contributed by atoms with Gasteiger partial charge < -0.3 is 26.0 Å². The number of nitrogens with one attached hydrogen (secondary N) is 2. The summed E-state index contributed by atoms with van der Waals surface area (Å²) in [7, 11) is -3.45. The second kappa shape index (κ2) is 11.7. The third kappa shape index (κ3) is 6.44. The van der Waals surface area contributed by atoms with Crippen molar-refractivity contribution in [3.8, 4) is 10.6 Å². The molecule has 0 aliphatic heterocycles. The van der Waals surface area contributed by atoms with Gasteiger partial charge in [0.05, 0.1) is 55.4 Å². The van der Waals surface area contributed by atoms with E-state index in [1.165, 1.54) is 11.3 Å². The van der Waals surface area contributed by atoms with Crippen LogP contribution in [0.25, 0.3) is 20.8 Å². The van der Waals surface area contributed by atoms with E-state index in [0.29, 0.717) is 47.3 Å². The zero-order chi connectivity index (χ0) is 32.2. The topological polar surface area (TPSA) is 170 Å². The lowest BCUT2D eigenvalue weighted by Gasteiger charge is -2.39. The first-order valence-corrected chi connectivity index (χ1v) is 17.8. The Labute approximate surface area is 263 Å². The first kappa shape index (κ1) is 32.9. The van der Waals surface area contributed by atoms with Gasteiger partial charge in [0.2, 0.25) is 5.95 Å². The highest BCUT2D eigenvalue weighted by Crippen LogP contribution is 2.41. The molecule has 11 nitrogen and oxygen atoms in total. The van der Waals surface area contributed by atoms with Crippen molar-refractivity contribution in [3.63, 3.8) is 0 Å². The van der Waals surface area contributed by atoms with E-state index in [9.17, 15) is 23.7 Å². The number of aromatic nitrogens is 4. The smallest absolute Gasteiger partial charge is 0.225 e. The van der Waals surface area contributed by atoms with Gasteiger partial charge in [-0.2, -0.15) is 4.98 Å². The summed E-state index contributed by atoms with van der Waals surface area (Å²) in [5.41, 5.74) is 0.960. The fraction of sp³-hybridized carbons (Fsp3) is 0.677. The van der Waals surface area contributed by atoms with Crippen LogP contribution in [-0.4, -0.2) is 83.6 Å². The van der Waals surface area contributed by atoms with Crippen LogP contribution < -0.4 is 10.6 Å². The number of nitrogens with zero attached hydrogens (tertiary/aromatic N) is 4. The number of hydrogen-bond donors (Lipinski definition) is 5. The Kier molecular flexibility index (Phi) is 8.77. The average molecular weight is 647 g/mol. The van der Waals surface area contributed by atoms with Gasteiger partial charge in [-0.25, -0.2) is 18.4 Å². The maximum Gasteiger partial charge on any atom is 0.225 e. The lowest BCUT2D eigenvalue weighted by Crippen LogP contribution is -2.50. The van der Waals surface area contributed by atoms with Crippen molar-refractivity contribution in [2.75, 3.05) is 16.4 Å². The second-order valence-corrected chi connectivity index (χ2v) is 18.0. The minimum absolute atomic E-state index is 0.0264. The highest BCUT2D eigenvalue weighted by atomic mass is 32.2. The molecule has 242 valence electrons. The molecule has 5 rings (SSSR count). The molecule has 0 unspecified atom stereocenters. The van der Waals surface area contributed by atoms with Crippen LogP contribution in [0.3, 0.4) is 0 Å². The van der Waals surface area contributed by atoms with Crippen molar-refractivity contribution >= 4 is 43.2 Å². The van der Waals surface area contributed by atoms with Gasteiger partial charge in [0.1, 0.15) is 22.4 Å². The molecule has 0 spiro atoms. The molecule has 5 N–H and O–H groups in total. The van der Waals surface area contributed by atoms with Crippen LogP contribution in [-0.2, 0) is 9.84 Å². The molecule has 0 saturated heterocycles. The van der Waals surface area contributed by atoms with E-state index in [4.69, 9.17) is 15.0 Å². The van der Waals surface area contributed by atoms with Gasteiger partial charge in [-0.3, -0.25) is 4.98 Å². The molecule has 2 saturated carbocycles. The minimum Gasteiger partial charge on any atom is -0.390 e. The van der Waals surface area contributed by atoms with Crippen molar-refractivity contribution in [3.05, 3.63) is 23.7 Å². The van der Waals surface area contributed by atoms with E-state index >= 15 is 0 Å². The monoisotopic (exact) mass is 646 g/mol. The third-order valence-corrected chi connectivity index (χ3v) is 13.1. The van der Waals surface area contributed by atoms with Crippen LogP contribution in [0.1, 0.15) is 84.5 Å². The molecule has 0 amide bonds. The number of fused-ring (bicyclic) bond motifs is 1. The Balaban J connectivity index is 1.59. The zero-order valence-electron chi connectivity index (χ0n) is 26.7. The maximum atomic E-state index is 13.4. The molecule has 2 aliphatic rings. The number of hydrogen-bond acceptors (Lipinski definition) is 12. The fourth-order valence-corrected chi connectivity index (χ4v) is 9.12. The van der Waals surface area contributed by atoms with E-state index in [1.54, 1.807) is 40.8 Å². The Bertz CT molecular complexity index is 1620. The first-order valence-electron chi connectivity index (χ1n) is 15.4. The van der Waals surface area contributed by atoms with Crippen LogP contribution in [0, 0.1) is 19.8 Å². The number of aryl methyl sites for hydroxylation is 2. The molecule has 3 aromatic rings. The maximum absolute atomic E-state index is 13.4. The van der Waals surface area contributed by atoms with Crippen molar-refractivity contribution in [2.24, 2.45) is 5.92 Å². The minimum atomic E-state index is -3.45. The van der Waals surface area contributed by atoms with E-state index in [-0.39, 0.29) is 5.75 Å². The summed E-state index contributed by atoms with van der Waals surface area (Å²) in [5, 5.41) is 40.1. The molecule has 13 heteroatoms. The first-order chi connectivity index (χ1) is 20.4. The SMILES string of the molecule is Cc1nc(NC2(CS(=O)(=O)C(C)(C)C)CCCCC2)nc(N[C@@H]2C[C@H](C(C)(C)O)[C@@H](O)[C@H]2O)c1-c1nc2c(C)nccc2s1. The number of rotatable bonds is 8. The molecule has 0 radical (unpaired) electrons. The van der Waals surface area contributed by atoms with E-state index in [1.807, 2.05) is 19.9 Å². The molecule has 4 atom stereocenters. The van der Waals surface area contributed by atoms with Gasteiger partial charge in [-0.15, -0.1) is 11.3 Å². The van der Waals surface area contributed by atoms with Gasteiger partial charge in [0, 0.05) is 12.1 Å². The number of sulfone groups is 1. The molecule has 44 heavy (non-hydrogen) atoms. The number of aliphatic hydroxyl groups is 3. The van der Waals surface area contributed by atoms with Gasteiger partial charge in [0.15, 0.2) is 9.84 Å². The number of anilines is 2. The Morgan fingerprint density at radius 3 is 2.27 bits per heavy atom.